The van der Waals surface area contributed by atoms with E-state index in [1.807, 2.05) is 12.1 Å². The third-order valence-corrected chi connectivity index (χ3v) is 6.85. The molecule has 8 heteroatoms. The maximum atomic E-state index is 13.8. The zero-order valence-corrected chi connectivity index (χ0v) is 20.2. The van der Waals surface area contributed by atoms with Crippen LogP contribution in [-0.2, 0) is 24.6 Å². The van der Waals surface area contributed by atoms with Gasteiger partial charge in [-0.25, -0.2) is 14.5 Å². The van der Waals surface area contributed by atoms with Crippen molar-refractivity contribution in [3.63, 3.8) is 0 Å². The van der Waals surface area contributed by atoms with Crippen LogP contribution in [0.5, 0.6) is 0 Å². The van der Waals surface area contributed by atoms with Gasteiger partial charge in [-0.3, -0.25) is 4.79 Å². The van der Waals surface area contributed by atoms with E-state index in [2.05, 4.69) is 0 Å². The van der Waals surface area contributed by atoms with Crippen LogP contribution in [0, 0.1) is 22.7 Å². The minimum Gasteiger partial charge on any atom is -0.466 e. The molecule has 0 N–H and O–H groups in total. The number of benzene rings is 2. The summed E-state index contributed by atoms with van der Waals surface area (Å²) < 4.78 is 10.0. The smallest absolute Gasteiger partial charge is 0.338 e. The number of nitriles is 2. The Morgan fingerprint density at radius 1 is 0.806 bits per heavy atom. The molecule has 180 valence electrons. The molecule has 2 aliphatic rings. The molecule has 2 heterocycles. The van der Waals surface area contributed by atoms with E-state index in [1.54, 1.807) is 80.6 Å². The summed E-state index contributed by atoms with van der Waals surface area (Å²) in [6.07, 6.45) is 1.57. The third-order valence-electron chi connectivity index (χ3n) is 6.85. The van der Waals surface area contributed by atoms with Crippen LogP contribution in [-0.4, -0.2) is 47.9 Å². The van der Waals surface area contributed by atoms with Crippen LogP contribution in [0.4, 0.5) is 0 Å². The zero-order chi connectivity index (χ0) is 26.3. The van der Waals surface area contributed by atoms with E-state index >= 15 is 0 Å². The molecular weight excluding hydrogens is 458 g/mol. The fraction of sp³-hybridized carbons (Fsp3) is 0.250. The van der Waals surface area contributed by atoms with Gasteiger partial charge in [0, 0.05) is 16.7 Å². The van der Waals surface area contributed by atoms with Gasteiger partial charge >= 0.3 is 11.9 Å². The number of esters is 2. The fourth-order valence-corrected chi connectivity index (χ4v) is 5.45. The summed E-state index contributed by atoms with van der Waals surface area (Å²) in [5, 5.41) is 20.9. The summed E-state index contributed by atoms with van der Waals surface area (Å²) in [5.74, 6) is -2.26. The minimum atomic E-state index is -2.27. The number of carbonyl (C=O) groups excluding carboxylic acids is 3. The summed E-state index contributed by atoms with van der Waals surface area (Å²) in [4.78, 5) is 41.8. The average Bonchev–Trinajstić information content (AvgIpc) is 3.33. The number of ketones is 1. The van der Waals surface area contributed by atoms with E-state index in [1.165, 1.54) is 4.90 Å². The molecule has 0 saturated carbocycles. The van der Waals surface area contributed by atoms with Gasteiger partial charge < -0.3 is 9.47 Å². The largest absolute Gasteiger partial charge is 0.466 e. The Labute approximate surface area is 208 Å². The number of ether oxygens (including phenoxy) is 2. The van der Waals surface area contributed by atoms with Crippen molar-refractivity contribution >= 4 is 17.7 Å². The topological polar surface area (TPSA) is 120 Å². The summed E-state index contributed by atoms with van der Waals surface area (Å²) in [7, 11) is 2.25. The maximum absolute atomic E-state index is 13.8. The molecule has 0 radical (unpaired) electrons. The number of methoxy groups -OCH3 is 2. The van der Waals surface area contributed by atoms with Crippen LogP contribution in [0.2, 0.25) is 0 Å². The van der Waals surface area contributed by atoms with Gasteiger partial charge in [0.25, 0.3) is 0 Å². The number of hydrogen-bond donors (Lipinski definition) is 0. The van der Waals surface area contributed by atoms with Crippen molar-refractivity contribution in [2.45, 2.75) is 30.5 Å². The predicted octanol–water partition coefficient (Wildman–Crippen LogP) is 3.23. The second-order valence-electron chi connectivity index (χ2n) is 8.95. The quantitative estimate of drug-likeness (QED) is 0.471. The molecule has 0 saturated heterocycles. The molecule has 2 aromatic rings. The first-order valence-corrected chi connectivity index (χ1v) is 11.1. The molecule has 0 amide bonds. The van der Waals surface area contributed by atoms with Gasteiger partial charge in [0.1, 0.15) is 17.7 Å². The third kappa shape index (κ3) is 3.05. The van der Waals surface area contributed by atoms with E-state index in [4.69, 9.17) is 9.47 Å². The number of carbonyl (C=O) groups is 3. The Morgan fingerprint density at radius 3 is 1.81 bits per heavy atom. The van der Waals surface area contributed by atoms with Crippen LogP contribution in [0.1, 0.15) is 29.8 Å². The number of fused-ring (bicyclic) bond motifs is 1. The van der Waals surface area contributed by atoms with E-state index in [9.17, 15) is 24.9 Å². The molecule has 0 unspecified atom stereocenters. The molecule has 1 atom stereocenters. The fourth-order valence-electron chi connectivity index (χ4n) is 5.45. The molecule has 4 rings (SSSR count). The van der Waals surface area contributed by atoms with E-state index in [0.717, 1.165) is 14.2 Å². The highest BCUT2D eigenvalue weighted by molar-refractivity contribution is 6.13. The monoisotopic (exact) mass is 481 g/mol. The first-order valence-electron chi connectivity index (χ1n) is 11.1. The molecule has 8 nitrogen and oxygen atoms in total. The lowest BCUT2D eigenvalue weighted by Crippen LogP contribution is -2.60. The molecule has 2 aromatic carbocycles. The van der Waals surface area contributed by atoms with Crippen LogP contribution < -0.4 is 0 Å². The molecule has 0 bridgehead atoms. The highest BCUT2D eigenvalue weighted by Crippen LogP contribution is 2.61. The Bertz CT molecular complexity index is 1400. The molecule has 2 aliphatic heterocycles. The van der Waals surface area contributed by atoms with Gasteiger partial charge in [0.15, 0.2) is 5.78 Å². The maximum Gasteiger partial charge on any atom is 0.338 e. The highest BCUT2D eigenvalue weighted by Gasteiger charge is 2.72. The van der Waals surface area contributed by atoms with Crippen molar-refractivity contribution in [3.05, 3.63) is 94.6 Å². The minimum absolute atomic E-state index is 0.241. The van der Waals surface area contributed by atoms with E-state index < -0.39 is 34.1 Å². The first kappa shape index (κ1) is 24.6. The predicted molar refractivity (Wildman–Crippen MR) is 128 cm³/mol. The first-order chi connectivity index (χ1) is 17.2. The van der Waals surface area contributed by atoms with Gasteiger partial charge in [-0.2, -0.15) is 10.5 Å². The molecule has 0 fully saturated rings. The van der Waals surface area contributed by atoms with Crippen molar-refractivity contribution < 1.29 is 23.9 Å². The van der Waals surface area contributed by atoms with Crippen LogP contribution in [0.3, 0.4) is 0 Å². The standard InChI is InChI=1S/C28H23N3O5/c1-26(2)20(23(32)18-11-7-5-8-12-18)15-28(19-13-9-6-10-14-19)22(25(34)36-4)21(24(33)35-3)27(16-29,17-30)31(26)28/h5-15H,1-4H3/t28-/m1/s1. The van der Waals surface area contributed by atoms with Crippen molar-refractivity contribution in [2.24, 2.45) is 0 Å². The van der Waals surface area contributed by atoms with Gasteiger partial charge in [0.2, 0.25) is 5.54 Å². The lowest BCUT2D eigenvalue weighted by atomic mass is 9.80. The highest BCUT2D eigenvalue weighted by atomic mass is 16.5. The lowest BCUT2D eigenvalue weighted by molar-refractivity contribution is -0.139. The van der Waals surface area contributed by atoms with E-state index in [-0.39, 0.29) is 16.9 Å². The molecular formula is C28H23N3O5. The molecule has 36 heavy (non-hydrogen) atoms. The molecule has 0 aliphatic carbocycles. The second kappa shape index (κ2) is 8.60. The number of rotatable bonds is 5. The zero-order valence-electron chi connectivity index (χ0n) is 20.2. The average molecular weight is 482 g/mol. The Hall–Kier alpha value is -4.53. The summed E-state index contributed by atoms with van der Waals surface area (Å²) in [5.41, 5.74) is -4.74. The van der Waals surface area contributed by atoms with Crippen molar-refractivity contribution in [2.75, 3.05) is 14.2 Å². The number of nitrogens with zero attached hydrogens (tertiary/aromatic N) is 3. The molecule has 0 aromatic heterocycles. The van der Waals surface area contributed by atoms with Crippen molar-refractivity contribution in [1.29, 1.82) is 10.5 Å². The normalized spacial score (nSPS) is 21.6. The van der Waals surface area contributed by atoms with Crippen LogP contribution in [0.25, 0.3) is 0 Å². The van der Waals surface area contributed by atoms with Crippen molar-refractivity contribution in [3.8, 4) is 12.1 Å². The Kier molecular flexibility index (Phi) is 5.87. The Morgan fingerprint density at radius 2 is 1.31 bits per heavy atom. The Balaban J connectivity index is 2.20. The van der Waals surface area contributed by atoms with Crippen LogP contribution >= 0.6 is 0 Å². The SMILES string of the molecule is COC(=O)C1=C(C(=O)OC)[C@]2(c3ccccc3)C=C(C(=O)c3ccccc3)C(C)(C)N2C1(C#N)C#N. The van der Waals surface area contributed by atoms with Gasteiger partial charge in [0.05, 0.1) is 25.4 Å². The number of Topliss-reactive ketones (excluding diaryl/α,β-unsaturated/α-hetero) is 1. The number of hydrogen-bond acceptors (Lipinski definition) is 8. The van der Waals surface area contributed by atoms with E-state index in [0.29, 0.717) is 11.1 Å². The summed E-state index contributed by atoms with van der Waals surface area (Å²) >= 11 is 0. The van der Waals surface area contributed by atoms with Gasteiger partial charge in [-0.15, -0.1) is 0 Å². The van der Waals surface area contributed by atoms with Gasteiger partial charge in [-0.1, -0.05) is 60.7 Å². The summed E-state index contributed by atoms with van der Waals surface area (Å²) in [6.45, 7) is 3.37. The van der Waals surface area contributed by atoms with Crippen LogP contribution in [0.15, 0.2) is 83.5 Å². The second-order valence-corrected chi connectivity index (χ2v) is 8.95. The lowest BCUT2D eigenvalue weighted by Gasteiger charge is -2.45. The van der Waals surface area contributed by atoms with Gasteiger partial charge in [-0.05, 0) is 25.5 Å². The summed E-state index contributed by atoms with van der Waals surface area (Å²) in [6, 6.07) is 21.2. The molecule has 0 spiro atoms. The van der Waals surface area contributed by atoms with Crippen molar-refractivity contribution in [1.82, 2.24) is 4.90 Å².